The summed E-state index contributed by atoms with van der Waals surface area (Å²) >= 11 is 0. The minimum atomic E-state index is -5.87. The van der Waals surface area contributed by atoms with Gasteiger partial charge in [0.2, 0.25) is 11.8 Å². The van der Waals surface area contributed by atoms with E-state index in [9.17, 15) is 26.4 Å². The third-order valence-corrected chi connectivity index (χ3v) is 6.77. The molecule has 2 aromatic rings. The molecule has 1 saturated carbocycles. The van der Waals surface area contributed by atoms with E-state index >= 15 is 0 Å². The topological polar surface area (TPSA) is 88.6 Å². The van der Waals surface area contributed by atoms with Crippen molar-refractivity contribution in [3.8, 4) is 5.88 Å². The van der Waals surface area contributed by atoms with E-state index in [0.29, 0.717) is 11.6 Å². The maximum atomic E-state index is 12.8. The van der Waals surface area contributed by atoms with Gasteiger partial charge in [0.05, 0.1) is 17.4 Å². The smallest absolute Gasteiger partial charge is 0.376 e. The van der Waals surface area contributed by atoms with Gasteiger partial charge in [-0.15, -0.1) is 0 Å². The lowest BCUT2D eigenvalue weighted by atomic mass is 9.82. The van der Waals surface area contributed by atoms with Crippen molar-refractivity contribution in [2.45, 2.75) is 44.3 Å². The van der Waals surface area contributed by atoms with Crippen molar-refractivity contribution in [2.75, 3.05) is 10.2 Å². The quantitative estimate of drug-likeness (QED) is 0.521. The molecule has 0 saturated heterocycles. The van der Waals surface area contributed by atoms with Crippen LogP contribution in [0.3, 0.4) is 0 Å². The highest BCUT2D eigenvalue weighted by molar-refractivity contribution is 7.87. The first-order valence-corrected chi connectivity index (χ1v) is 11.5. The summed E-state index contributed by atoms with van der Waals surface area (Å²) in [5, 5.41) is 3.35. The fourth-order valence-corrected chi connectivity index (χ4v) is 4.71. The minimum absolute atomic E-state index is 0.117. The first kappa shape index (κ1) is 22.4. The Morgan fingerprint density at radius 1 is 1.16 bits per heavy atom. The van der Waals surface area contributed by atoms with Gasteiger partial charge in [-0.25, -0.2) is 4.98 Å². The van der Waals surface area contributed by atoms with Crippen LogP contribution in [0.4, 0.5) is 24.5 Å². The fourth-order valence-electron chi connectivity index (χ4n) is 4.30. The monoisotopic (exact) mass is 469 g/mol. The zero-order valence-corrected chi connectivity index (χ0v) is 18.2. The molecule has 1 aliphatic carbocycles. The normalized spacial score (nSPS) is 23.4. The molecule has 0 bridgehead atoms. The molecule has 1 fully saturated rings. The summed E-state index contributed by atoms with van der Waals surface area (Å²) in [6.45, 7) is 3.37. The number of rotatable bonds is 5. The molecule has 1 N–H and O–H groups in total. The van der Waals surface area contributed by atoms with Gasteiger partial charge in [-0.05, 0) is 37.0 Å². The molecule has 1 unspecified atom stereocenters. The van der Waals surface area contributed by atoms with E-state index in [1.165, 1.54) is 13.0 Å². The molecule has 1 aliphatic heterocycles. The van der Waals surface area contributed by atoms with E-state index in [1.54, 1.807) is 4.90 Å². The number of carbonyl (C=O) groups excluding carboxylic acids is 1. The van der Waals surface area contributed by atoms with Crippen molar-refractivity contribution in [3.63, 3.8) is 0 Å². The third-order valence-electron chi connectivity index (χ3n) is 5.81. The largest absolute Gasteiger partial charge is 0.534 e. The predicted octanol–water partition coefficient (Wildman–Crippen LogP) is 4.24. The Labute approximate surface area is 183 Å². The molecule has 7 nitrogen and oxygen atoms in total. The van der Waals surface area contributed by atoms with Crippen LogP contribution in [0.2, 0.25) is 0 Å². The van der Waals surface area contributed by atoms with E-state index in [2.05, 4.69) is 14.5 Å². The first-order valence-electron chi connectivity index (χ1n) is 10.1. The maximum Gasteiger partial charge on any atom is 0.534 e. The predicted molar refractivity (Wildman–Crippen MR) is 111 cm³/mol. The molecular weight excluding hydrogens is 447 g/mol. The van der Waals surface area contributed by atoms with Crippen LogP contribution >= 0.6 is 0 Å². The molecule has 172 valence electrons. The lowest BCUT2D eigenvalue weighted by Gasteiger charge is -2.45. The van der Waals surface area contributed by atoms with E-state index < -0.39 is 27.5 Å². The van der Waals surface area contributed by atoms with Crippen LogP contribution in [0, 0.1) is 11.8 Å². The van der Waals surface area contributed by atoms with Crippen molar-refractivity contribution in [1.29, 1.82) is 0 Å². The van der Waals surface area contributed by atoms with E-state index in [-0.39, 0.29) is 23.6 Å². The summed E-state index contributed by atoms with van der Waals surface area (Å²) < 4.78 is 65.6. The van der Waals surface area contributed by atoms with Crippen LogP contribution in [0.25, 0.3) is 0 Å². The highest BCUT2D eigenvalue weighted by Crippen LogP contribution is 2.50. The summed E-state index contributed by atoms with van der Waals surface area (Å²) in [6.07, 6.45) is 1.95. The van der Waals surface area contributed by atoms with Crippen molar-refractivity contribution in [2.24, 2.45) is 11.8 Å². The summed E-state index contributed by atoms with van der Waals surface area (Å²) in [7, 11) is -5.87. The van der Waals surface area contributed by atoms with Crippen LogP contribution in [0.1, 0.15) is 38.4 Å². The molecule has 2 heterocycles. The van der Waals surface area contributed by atoms with Gasteiger partial charge >= 0.3 is 15.6 Å². The van der Waals surface area contributed by atoms with Crippen LogP contribution < -0.4 is 14.4 Å². The van der Waals surface area contributed by atoms with Crippen molar-refractivity contribution >= 4 is 27.4 Å². The van der Waals surface area contributed by atoms with Crippen LogP contribution in [-0.2, 0) is 14.9 Å². The lowest BCUT2D eigenvalue weighted by Crippen LogP contribution is -2.51. The number of para-hydroxylation sites is 1. The Morgan fingerprint density at radius 2 is 1.81 bits per heavy atom. The number of aromatic nitrogens is 1. The number of amides is 1. The molecule has 2 aliphatic rings. The standard InChI is InChI=1S/C21H22F3N3O4S/c1-12-18(25-15-6-4-3-5-7-15)19-16(27(13(2)28)20(12)14-8-9-14)10-11-17(26-19)31-32(29,30)21(22,23)24/h3-7,10-12,14,18,20,25H,8-9H2,1-2H3/t12-,18-,20?/m1/s1. The van der Waals surface area contributed by atoms with Gasteiger partial charge < -0.3 is 14.4 Å². The van der Waals surface area contributed by atoms with Crippen LogP contribution in [0.5, 0.6) is 5.88 Å². The zero-order chi connectivity index (χ0) is 23.3. The number of pyridine rings is 1. The van der Waals surface area contributed by atoms with Gasteiger partial charge in [0.1, 0.15) is 0 Å². The van der Waals surface area contributed by atoms with Crippen LogP contribution in [-0.4, -0.2) is 30.9 Å². The van der Waals surface area contributed by atoms with E-state index in [1.807, 2.05) is 37.3 Å². The van der Waals surface area contributed by atoms with Gasteiger partial charge in [0.25, 0.3) is 0 Å². The Hall–Kier alpha value is -2.82. The van der Waals surface area contributed by atoms with Crippen molar-refractivity contribution in [3.05, 3.63) is 48.2 Å². The number of alkyl halides is 3. The first-order chi connectivity index (χ1) is 15.0. The van der Waals surface area contributed by atoms with E-state index in [4.69, 9.17) is 0 Å². The third kappa shape index (κ3) is 4.13. The molecule has 3 atom stereocenters. The van der Waals surface area contributed by atoms with Crippen molar-refractivity contribution < 1.29 is 30.6 Å². The number of hydrogen-bond donors (Lipinski definition) is 1. The number of halogens is 3. The SMILES string of the molecule is CC(=O)N1c2ccc(OS(=O)(=O)C(F)(F)F)nc2[C@H](Nc2ccccc2)[C@@H](C)C1C1CC1. The Balaban J connectivity index is 1.80. The molecule has 11 heteroatoms. The molecule has 32 heavy (non-hydrogen) atoms. The van der Waals surface area contributed by atoms with Gasteiger partial charge in [-0.3, -0.25) is 4.79 Å². The molecular formula is C21H22F3N3O4S. The van der Waals surface area contributed by atoms with Gasteiger partial charge in [0.15, 0.2) is 0 Å². The highest BCUT2D eigenvalue weighted by atomic mass is 32.2. The average Bonchev–Trinajstić information content (AvgIpc) is 3.54. The lowest BCUT2D eigenvalue weighted by molar-refractivity contribution is -0.117. The van der Waals surface area contributed by atoms with Gasteiger partial charge in [-0.1, -0.05) is 25.1 Å². The number of benzene rings is 1. The Bertz CT molecular complexity index is 1120. The number of fused-ring (bicyclic) bond motifs is 1. The maximum absolute atomic E-state index is 12.8. The zero-order valence-electron chi connectivity index (χ0n) is 17.3. The summed E-state index contributed by atoms with van der Waals surface area (Å²) in [6, 6.07) is 11.0. The minimum Gasteiger partial charge on any atom is -0.376 e. The summed E-state index contributed by atoms with van der Waals surface area (Å²) in [5.41, 5.74) is -4.14. The second-order valence-electron chi connectivity index (χ2n) is 8.10. The fraction of sp³-hybridized carbons (Fsp3) is 0.429. The number of anilines is 2. The number of carbonyl (C=O) groups is 1. The molecule has 4 rings (SSSR count). The number of nitrogens with zero attached hydrogens (tertiary/aromatic N) is 2. The van der Waals surface area contributed by atoms with Gasteiger partial charge in [-0.2, -0.15) is 21.6 Å². The molecule has 0 spiro atoms. The highest BCUT2D eigenvalue weighted by Gasteiger charge is 2.50. The van der Waals surface area contributed by atoms with Crippen LogP contribution in [0.15, 0.2) is 42.5 Å². The van der Waals surface area contributed by atoms with E-state index in [0.717, 1.165) is 24.6 Å². The summed E-state index contributed by atoms with van der Waals surface area (Å²) in [4.78, 5) is 18.3. The summed E-state index contributed by atoms with van der Waals surface area (Å²) in [5.74, 6) is -0.766. The number of hydrogen-bond acceptors (Lipinski definition) is 6. The second kappa shape index (κ2) is 7.95. The average molecular weight is 469 g/mol. The molecule has 1 aromatic heterocycles. The molecule has 1 amide bonds. The second-order valence-corrected chi connectivity index (χ2v) is 9.64. The molecule has 1 aromatic carbocycles. The Kier molecular flexibility index (Phi) is 5.56. The van der Waals surface area contributed by atoms with Crippen molar-refractivity contribution in [1.82, 2.24) is 4.98 Å². The van der Waals surface area contributed by atoms with Gasteiger partial charge in [0, 0.05) is 30.6 Å². The number of nitrogens with one attached hydrogen (secondary N) is 1. The molecule has 0 radical (unpaired) electrons. The Morgan fingerprint density at radius 3 is 2.38 bits per heavy atom.